The van der Waals surface area contributed by atoms with E-state index < -0.39 is 0 Å². The van der Waals surface area contributed by atoms with Gasteiger partial charge in [0.05, 0.1) is 6.10 Å². The molecule has 2 aromatic rings. The van der Waals surface area contributed by atoms with Crippen LogP contribution in [0.3, 0.4) is 0 Å². The van der Waals surface area contributed by atoms with Crippen LogP contribution in [0.25, 0.3) is 0 Å². The zero-order valence-electron chi connectivity index (χ0n) is 15.7. The molecular weight excluding hydrogens is 342 g/mol. The molecule has 1 aliphatic rings. The lowest BCUT2D eigenvalue weighted by Gasteiger charge is -2.18. The molecule has 0 aliphatic heterocycles. The summed E-state index contributed by atoms with van der Waals surface area (Å²) in [5, 5.41) is 5.73. The van der Waals surface area contributed by atoms with Gasteiger partial charge in [-0.15, -0.1) is 0 Å². The zero-order chi connectivity index (χ0) is 18.9. The van der Waals surface area contributed by atoms with Crippen LogP contribution in [0.15, 0.2) is 48.7 Å². The number of nitrogens with zero attached hydrogens (tertiary/aromatic N) is 1. The minimum absolute atomic E-state index is 0.184. The fourth-order valence-corrected chi connectivity index (χ4v) is 3.26. The average Bonchev–Trinajstić information content (AvgIpc) is 3.22. The number of urea groups is 1. The maximum Gasteiger partial charge on any atom is 0.315 e. The minimum Gasteiger partial charge on any atom is -0.474 e. The Morgan fingerprint density at radius 3 is 2.67 bits per heavy atom. The quantitative estimate of drug-likeness (QED) is 0.746. The molecule has 0 radical (unpaired) electrons. The van der Waals surface area contributed by atoms with Crippen LogP contribution >= 0.6 is 0 Å². The van der Waals surface area contributed by atoms with Crippen LogP contribution in [0.2, 0.25) is 0 Å². The summed E-state index contributed by atoms with van der Waals surface area (Å²) in [5.74, 6) is 0.615. The second-order valence-corrected chi connectivity index (χ2v) is 6.69. The van der Waals surface area contributed by atoms with Gasteiger partial charge in [-0.05, 0) is 37.3 Å². The summed E-state index contributed by atoms with van der Waals surface area (Å²) in [6.45, 7) is 0.759. The number of carbonyl (C=O) groups excluding carboxylic acids is 1. The molecule has 1 heterocycles. The lowest BCUT2D eigenvalue weighted by Crippen LogP contribution is -2.37. The van der Waals surface area contributed by atoms with Crippen LogP contribution in [0.4, 0.5) is 4.79 Å². The number of carbonyl (C=O) groups is 1. The van der Waals surface area contributed by atoms with Gasteiger partial charge in [0.25, 0.3) is 0 Å². The van der Waals surface area contributed by atoms with Crippen LogP contribution in [0.5, 0.6) is 5.88 Å². The van der Waals surface area contributed by atoms with Crippen molar-refractivity contribution in [1.29, 1.82) is 0 Å². The van der Waals surface area contributed by atoms with E-state index in [4.69, 9.17) is 9.47 Å². The molecule has 3 rings (SSSR count). The summed E-state index contributed by atoms with van der Waals surface area (Å²) >= 11 is 0. The predicted octanol–water partition coefficient (Wildman–Crippen LogP) is 3.59. The van der Waals surface area contributed by atoms with Gasteiger partial charge >= 0.3 is 6.03 Å². The van der Waals surface area contributed by atoms with Crippen LogP contribution in [-0.2, 0) is 11.3 Å². The molecule has 6 heteroatoms. The summed E-state index contributed by atoms with van der Waals surface area (Å²) in [6.07, 6.45) is 6.32. The van der Waals surface area contributed by atoms with Gasteiger partial charge in [0.2, 0.25) is 5.88 Å². The monoisotopic (exact) mass is 369 g/mol. The molecule has 1 aliphatic carbocycles. The molecule has 1 atom stereocenters. The van der Waals surface area contributed by atoms with E-state index in [0.717, 1.165) is 24.0 Å². The first-order valence-electron chi connectivity index (χ1n) is 9.46. The van der Waals surface area contributed by atoms with Gasteiger partial charge in [-0.1, -0.05) is 36.4 Å². The molecule has 1 aromatic carbocycles. The molecule has 0 spiro atoms. The Labute approximate surface area is 160 Å². The highest BCUT2D eigenvalue weighted by Gasteiger charge is 2.19. The Kier molecular flexibility index (Phi) is 7.04. The summed E-state index contributed by atoms with van der Waals surface area (Å²) in [5.41, 5.74) is 1.91. The first kappa shape index (κ1) is 19.2. The van der Waals surface area contributed by atoms with Crippen molar-refractivity contribution in [2.75, 3.05) is 13.7 Å². The van der Waals surface area contributed by atoms with Crippen molar-refractivity contribution in [3.8, 4) is 5.88 Å². The van der Waals surface area contributed by atoms with Crippen molar-refractivity contribution >= 4 is 6.03 Å². The third-order valence-corrected chi connectivity index (χ3v) is 4.77. The number of pyridine rings is 1. The van der Waals surface area contributed by atoms with Crippen molar-refractivity contribution in [1.82, 2.24) is 15.6 Å². The maximum atomic E-state index is 12.2. The van der Waals surface area contributed by atoms with Gasteiger partial charge in [-0.2, -0.15) is 0 Å². The number of nitrogens with one attached hydrogen (secondary N) is 2. The van der Waals surface area contributed by atoms with E-state index in [0.29, 0.717) is 19.0 Å². The first-order valence-corrected chi connectivity index (χ1v) is 9.46. The highest BCUT2D eigenvalue weighted by Crippen LogP contribution is 2.24. The molecule has 1 unspecified atom stereocenters. The Hall–Kier alpha value is -2.60. The third kappa shape index (κ3) is 5.69. The van der Waals surface area contributed by atoms with Gasteiger partial charge in [0.15, 0.2) is 0 Å². The highest BCUT2D eigenvalue weighted by molar-refractivity contribution is 5.73. The summed E-state index contributed by atoms with van der Waals surface area (Å²) in [4.78, 5) is 16.5. The van der Waals surface area contributed by atoms with Crippen LogP contribution in [0, 0.1) is 0 Å². The van der Waals surface area contributed by atoms with Crippen molar-refractivity contribution in [2.45, 2.75) is 44.4 Å². The second-order valence-electron chi connectivity index (χ2n) is 6.69. The molecule has 0 bridgehead atoms. The van der Waals surface area contributed by atoms with E-state index in [1.54, 1.807) is 13.3 Å². The van der Waals surface area contributed by atoms with E-state index >= 15 is 0 Å². The lowest BCUT2D eigenvalue weighted by atomic mass is 10.1. The van der Waals surface area contributed by atoms with Gasteiger partial charge in [0, 0.05) is 32.0 Å². The molecule has 0 saturated heterocycles. The predicted molar refractivity (Wildman–Crippen MR) is 104 cm³/mol. The van der Waals surface area contributed by atoms with Crippen LogP contribution in [0.1, 0.15) is 42.9 Å². The lowest BCUT2D eigenvalue weighted by molar-refractivity contribution is 0.104. The average molecular weight is 369 g/mol. The third-order valence-electron chi connectivity index (χ3n) is 4.77. The van der Waals surface area contributed by atoms with Crippen LogP contribution < -0.4 is 15.4 Å². The van der Waals surface area contributed by atoms with E-state index in [1.165, 1.54) is 12.8 Å². The highest BCUT2D eigenvalue weighted by atomic mass is 16.5. The molecule has 1 saturated carbocycles. The van der Waals surface area contributed by atoms with Gasteiger partial charge in [-0.25, -0.2) is 9.78 Å². The van der Waals surface area contributed by atoms with Crippen molar-refractivity contribution in [3.63, 3.8) is 0 Å². The zero-order valence-corrected chi connectivity index (χ0v) is 15.7. The fourth-order valence-electron chi connectivity index (χ4n) is 3.26. The van der Waals surface area contributed by atoms with Crippen molar-refractivity contribution in [3.05, 3.63) is 59.8 Å². The van der Waals surface area contributed by atoms with Gasteiger partial charge < -0.3 is 20.1 Å². The van der Waals surface area contributed by atoms with E-state index in [2.05, 4.69) is 15.6 Å². The molecule has 2 N–H and O–H groups in total. The molecule has 27 heavy (non-hydrogen) atoms. The Balaban J connectivity index is 1.49. The number of hydrogen-bond donors (Lipinski definition) is 2. The number of rotatable bonds is 8. The molecule has 6 nitrogen and oxygen atoms in total. The van der Waals surface area contributed by atoms with E-state index in [-0.39, 0.29) is 18.2 Å². The SMILES string of the molecule is COC(CNC(=O)NCc1cccnc1OC1CCCC1)c1ccccc1. The normalized spacial score (nSPS) is 15.3. The number of benzene rings is 1. The molecule has 1 fully saturated rings. The summed E-state index contributed by atoms with van der Waals surface area (Å²) in [7, 11) is 1.64. The number of methoxy groups -OCH3 is 1. The number of ether oxygens (including phenoxy) is 2. The summed E-state index contributed by atoms with van der Waals surface area (Å²) in [6, 6.07) is 13.4. The van der Waals surface area contributed by atoms with Crippen LogP contribution in [-0.4, -0.2) is 30.8 Å². The second kappa shape index (κ2) is 9.92. The van der Waals surface area contributed by atoms with Gasteiger partial charge in [0.1, 0.15) is 6.10 Å². The molecular formula is C21H27N3O3. The first-order chi connectivity index (χ1) is 13.3. The van der Waals surface area contributed by atoms with E-state index in [1.807, 2.05) is 42.5 Å². The Bertz CT molecular complexity index is 718. The molecule has 144 valence electrons. The number of hydrogen-bond acceptors (Lipinski definition) is 4. The summed E-state index contributed by atoms with van der Waals surface area (Å²) < 4.78 is 11.5. The Morgan fingerprint density at radius 2 is 1.93 bits per heavy atom. The molecule has 1 aromatic heterocycles. The number of aromatic nitrogens is 1. The molecule has 2 amide bonds. The van der Waals surface area contributed by atoms with Crippen molar-refractivity contribution in [2.24, 2.45) is 0 Å². The standard InChI is InChI=1S/C21H27N3O3/c1-26-19(16-8-3-2-4-9-16)15-24-21(25)23-14-17-10-7-13-22-20(17)27-18-11-5-6-12-18/h2-4,7-10,13,18-19H,5-6,11-12,14-15H2,1H3,(H2,23,24,25). The fraction of sp³-hybridized carbons (Fsp3) is 0.429. The topological polar surface area (TPSA) is 72.5 Å². The Morgan fingerprint density at radius 1 is 1.15 bits per heavy atom. The number of amides is 2. The van der Waals surface area contributed by atoms with Crippen molar-refractivity contribution < 1.29 is 14.3 Å². The smallest absolute Gasteiger partial charge is 0.315 e. The largest absolute Gasteiger partial charge is 0.474 e. The van der Waals surface area contributed by atoms with E-state index in [9.17, 15) is 4.79 Å². The van der Waals surface area contributed by atoms with Gasteiger partial charge in [-0.3, -0.25) is 0 Å². The maximum absolute atomic E-state index is 12.2. The minimum atomic E-state index is -0.247.